The van der Waals surface area contributed by atoms with Crippen LogP contribution in [0, 0.1) is 29.6 Å². The molecule has 2 fully saturated rings. The molecule has 1 aliphatic carbocycles. The lowest BCUT2D eigenvalue weighted by molar-refractivity contribution is -0.135. The number of nitrogens with one attached hydrogen (secondary N) is 6. The maximum atomic E-state index is 14.3. The van der Waals surface area contributed by atoms with Gasteiger partial charge in [0.05, 0.1) is 77.2 Å². The Morgan fingerprint density at radius 3 is 1.53 bits per heavy atom. The molecule has 9 atom stereocenters. The first-order valence-electron chi connectivity index (χ1n) is 42.3. The van der Waals surface area contributed by atoms with E-state index in [9.17, 15) is 47.9 Å². The molecule has 5 aromatic rings. The lowest BCUT2D eigenvalue weighted by Crippen LogP contribution is -2.50. The van der Waals surface area contributed by atoms with Crippen LogP contribution in [0.4, 0.5) is 14.4 Å². The van der Waals surface area contributed by atoms with Gasteiger partial charge >= 0.3 is 18.3 Å². The van der Waals surface area contributed by atoms with Crippen LogP contribution < -0.4 is 63.3 Å². The number of ketones is 3. The maximum absolute atomic E-state index is 14.3. The fourth-order valence-corrected chi connectivity index (χ4v) is 16.5. The Labute approximate surface area is 704 Å². The minimum atomic E-state index is -0.727. The molecule has 29 heteroatoms. The predicted molar refractivity (Wildman–Crippen MR) is 455 cm³/mol. The van der Waals surface area contributed by atoms with Gasteiger partial charge in [-0.1, -0.05) is 105 Å². The molecular weight excluding hydrogens is 1550 g/mol. The number of unbranched alkanes of at least 4 members (excludes halogenated alkanes) is 2. The van der Waals surface area contributed by atoms with E-state index in [1.54, 1.807) is 59.4 Å². The lowest BCUT2D eigenvalue weighted by Gasteiger charge is -2.35. The number of rotatable bonds is 33. The molecule has 10 rings (SSSR count). The molecule has 648 valence electrons. The van der Waals surface area contributed by atoms with E-state index in [1.165, 1.54) is 11.3 Å². The zero-order valence-corrected chi connectivity index (χ0v) is 72.2. The average Bonchev–Trinajstić information content (AvgIpc) is 1.32. The third-order valence-electron chi connectivity index (χ3n) is 21.5. The quantitative estimate of drug-likeness (QED) is 0.0139. The number of thiazole rings is 1. The summed E-state index contributed by atoms with van der Waals surface area (Å²) in [5, 5.41) is 19.2. The van der Waals surface area contributed by atoms with Gasteiger partial charge in [0.15, 0.2) is 11.6 Å². The van der Waals surface area contributed by atoms with E-state index in [2.05, 4.69) is 31.9 Å². The highest BCUT2D eigenvalue weighted by molar-refractivity contribution is 7.18. The molecule has 0 unspecified atom stereocenters. The average molecular weight is 1680 g/mol. The molecule has 4 aromatic carbocycles. The Hall–Kier alpha value is -8.96. The third kappa shape index (κ3) is 31.0. The molecule has 1 aromatic heterocycles. The second-order valence-electron chi connectivity index (χ2n) is 34.4. The summed E-state index contributed by atoms with van der Waals surface area (Å²) in [7, 11) is 0. The zero-order valence-electron chi connectivity index (χ0n) is 70.7. The van der Waals surface area contributed by atoms with E-state index in [0.717, 1.165) is 94.1 Å². The molecule has 1 saturated carbocycles. The largest absolute Gasteiger partial charge is 0.493 e. The van der Waals surface area contributed by atoms with Crippen LogP contribution in [0.25, 0.3) is 10.2 Å². The number of fused-ring (bicyclic) bond motifs is 4. The van der Waals surface area contributed by atoms with E-state index in [4.69, 9.17) is 62.2 Å². The SMILES string of the molecule is CC(C)(C)OC(=O)NCCCC[C@H](CC(=O)[C@@H](N)C1CCN(C(=O)OC(C)(C)C)CC1)C(=O)N[C@@H]1CCOc2ccccc21.CC(C)(C)OC(=O)NCC[C@H](N)C(=O)N[C@@H]1CCOc2ccccc21.CCC(=O)C[C@@H](Cc1nc2ccc(Cl)cc2s1)C(=O)N[C@H](C(=O)C[C@@H](CCCCN)C(=O)N[C@@H]1CCOc2ccccc21)C1CCCCC1. The van der Waals surface area contributed by atoms with Gasteiger partial charge in [0.25, 0.3) is 0 Å². The maximum Gasteiger partial charge on any atom is 0.410 e. The van der Waals surface area contributed by atoms with Gasteiger partial charge in [-0.25, -0.2) is 19.4 Å². The Morgan fingerprint density at radius 1 is 0.542 bits per heavy atom. The van der Waals surface area contributed by atoms with Crippen LogP contribution in [-0.2, 0) is 54.2 Å². The molecule has 5 heterocycles. The fourth-order valence-electron chi connectivity index (χ4n) is 15.2. The fraction of sp³-hybridized carbons (Fsp3) is 0.607. The van der Waals surface area contributed by atoms with Gasteiger partial charge in [0.2, 0.25) is 23.6 Å². The first-order valence-corrected chi connectivity index (χ1v) is 43.5. The number of hydrogen-bond acceptors (Lipinski definition) is 21. The number of piperidine rings is 1. The van der Waals surface area contributed by atoms with Crippen molar-refractivity contribution in [1.82, 2.24) is 41.8 Å². The van der Waals surface area contributed by atoms with Crippen molar-refractivity contribution in [2.75, 3.05) is 52.5 Å². The number of alkyl carbamates (subject to hydrolysis) is 2. The summed E-state index contributed by atoms with van der Waals surface area (Å²) in [5.41, 5.74) is 20.1. The zero-order chi connectivity index (χ0) is 85.7. The third-order valence-corrected chi connectivity index (χ3v) is 22.7. The Balaban J connectivity index is 0.000000232. The summed E-state index contributed by atoms with van der Waals surface area (Å²) in [5.74, 6) is -0.779. The number of carbonyl (C=O) groups excluding carboxylic acids is 10. The number of nitrogens with two attached hydrogens (primary N) is 3. The standard InChI is InChI=1S/C38H49ClN4O5S.C33H52N4O7.C18H27N3O4/c1-2-28(44)20-26(22-35-41-31-16-15-27(39)23-34(31)49-35)38(47)43-36(24-10-4-3-5-11-24)32(45)21-25(12-8-9-18-40)37(46)42-30-17-19-48-33-14-7-6-13-29(30)33;1-32(2,3)43-30(40)35-17-10-9-11-23(29(39)36-25-16-20-42-27-13-8-7-12-24(25)27)21-26(38)28(34)22-14-18-37(19-15-22)31(41)44-33(4,5)6;1-18(2,3)25-17(23)20-10-8-13(19)16(22)21-14-9-11-24-15-7-5-4-6-12(14)15/h6-7,13-16,23-26,30,36H,2-5,8-12,17-22,40H2,1H3,(H,42,46)(H,43,47);7-8,12-13,22-23,25,28H,9-11,14-21,34H2,1-6H3,(H,35,40)(H,36,39);4-7,13-14H,8-11,19H2,1-3H3,(H,20,23)(H,21,22)/t25-,26+,30-,36+;23-,25-,28+;13-,14+/m110/s1. The summed E-state index contributed by atoms with van der Waals surface area (Å²) in [6.07, 6.45) is 11.4. The minimum absolute atomic E-state index is 0.0174. The van der Waals surface area contributed by atoms with Crippen LogP contribution in [0.3, 0.4) is 0 Å². The lowest BCUT2D eigenvalue weighted by atomic mass is 9.79. The van der Waals surface area contributed by atoms with Crippen LogP contribution in [0.5, 0.6) is 17.2 Å². The number of amides is 7. The molecule has 1 saturated heterocycles. The topological polar surface area (TPSA) is 392 Å². The number of benzene rings is 4. The summed E-state index contributed by atoms with van der Waals surface area (Å²) in [6.45, 7) is 21.7. The molecule has 0 spiro atoms. The van der Waals surface area contributed by atoms with Gasteiger partial charge in [-0.15, -0.1) is 11.3 Å². The molecule has 27 nitrogen and oxygen atoms in total. The van der Waals surface area contributed by atoms with Crippen LogP contribution >= 0.6 is 22.9 Å². The van der Waals surface area contributed by atoms with Gasteiger partial charge in [-0.2, -0.15) is 0 Å². The van der Waals surface area contributed by atoms with E-state index < -0.39 is 64.9 Å². The molecule has 118 heavy (non-hydrogen) atoms. The van der Waals surface area contributed by atoms with Crippen molar-refractivity contribution >= 4 is 92.4 Å². The molecular formula is C89H128ClN11O16S. The van der Waals surface area contributed by atoms with Gasteiger partial charge in [-0.3, -0.25) is 33.6 Å². The van der Waals surface area contributed by atoms with E-state index >= 15 is 0 Å². The molecule has 5 aliphatic rings. The van der Waals surface area contributed by atoms with Crippen molar-refractivity contribution in [3.8, 4) is 17.2 Å². The van der Waals surface area contributed by atoms with Crippen molar-refractivity contribution in [2.45, 2.75) is 264 Å². The molecule has 0 radical (unpaired) electrons. The van der Waals surface area contributed by atoms with Gasteiger partial charge in [-0.05, 0) is 175 Å². The number of halogens is 1. The van der Waals surface area contributed by atoms with Gasteiger partial charge in [0, 0.05) is 111 Å². The number of hydrogen-bond donors (Lipinski definition) is 9. The highest BCUT2D eigenvalue weighted by Crippen LogP contribution is 2.37. The monoisotopic (exact) mass is 1670 g/mol. The van der Waals surface area contributed by atoms with Gasteiger partial charge < -0.3 is 82.4 Å². The normalized spacial score (nSPS) is 18.3. The molecule has 0 bridgehead atoms. The number of carbonyl (C=O) groups is 10. The second-order valence-corrected chi connectivity index (χ2v) is 36.0. The number of nitrogens with zero attached hydrogens (tertiary/aromatic N) is 2. The van der Waals surface area contributed by atoms with Crippen LogP contribution in [0.15, 0.2) is 91.0 Å². The Morgan fingerprint density at radius 2 is 1.03 bits per heavy atom. The smallest absolute Gasteiger partial charge is 0.410 e. The van der Waals surface area contributed by atoms with Crippen LogP contribution in [-0.4, -0.2) is 157 Å². The highest BCUT2D eigenvalue weighted by atomic mass is 35.5. The van der Waals surface area contributed by atoms with Crippen molar-refractivity contribution in [3.05, 3.63) is 118 Å². The Bertz CT molecular complexity index is 4150. The Kier molecular flexibility index (Phi) is 36.8. The van der Waals surface area contributed by atoms with Crippen molar-refractivity contribution in [3.63, 3.8) is 0 Å². The first kappa shape index (κ1) is 94.5. The van der Waals surface area contributed by atoms with E-state index in [0.29, 0.717) is 122 Å². The number of para-hydroxylation sites is 3. The summed E-state index contributed by atoms with van der Waals surface area (Å²) < 4.78 is 33.9. The molecule has 4 aliphatic heterocycles. The second kappa shape index (κ2) is 46.0. The predicted octanol–water partition coefficient (Wildman–Crippen LogP) is 13.6. The van der Waals surface area contributed by atoms with Crippen molar-refractivity contribution in [2.24, 2.45) is 46.8 Å². The number of aromatic nitrogens is 1. The molecule has 12 N–H and O–H groups in total. The minimum Gasteiger partial charge on any atom is -0.493 e. The summed E-state index contributed by atoms with van der Waals surface area (Å²) in [4.78, 5) is 137. The summed E-state index contributed by atoms with van der Waals surface area (Å²) >= 11 is 7.66. The number of likely N-dealkylation sites (tertiary alicyclic amines) is 1. The first-order chi connectivity index (χ1) is 56.1. The van der Waals surface area contributed by atoms with Gasteiger partial charge in [0.1, 0.15) is 39.8 Å². The number of ether oxygens (including phenoxy) is 6. The highest BCUT2D eigenvalue weighted by Gasteiger charge is 2.39. The van der Waals surface area contributed by atoms with Crippen LogP contribution in [0.2, 0.25) is 5.02 Å². The summed E-state index contributed by atoms with van der Waals surface area (Å²) in [6, 6.07) is 25.8. The molecule has 7 amide bonds. The van der Waals surface area contributed by atoms with Crippen molar-refractivity contribution < 1.29 is 76.4 Å². The van der Waals surface area contributed by atoms with Crippen molar-refractivity contribution in [1.29, 1.82) is 0 Å². The number of Topliss-reactive ketones (excluding diaryl/α,β-unsaturated/α-hetero) is 3. The van der Waals surface area contributed by atoms with Crippen LogP contribution in [0.1, 0.15) is 244 Å². The van der Waals surface area contributed by atoms with E-state index in [1.807, 2.05) is 106 Å². The van der Waals surface area contributed by atoms with E-state index in [-0.39, 0.29) is 109 Å².